The fraction of sp³-hybridized carbons (Fsp3) is 0.118. The minimum atomic E-state index is -4.74. The van der Waals surface area contributed by atoms with Crippen molar-refractivity contribution in [3.8, 4) is 11.4 Å². The summed E-state index contributed by atoms with van der Waals surface area (Å²) < 4.78 is 89.8. The van der Waals surface area contributed by atoms with Gasteiger partial charge < -0.3 is 4.57 Å². The lowest BCUT2D eigenvalue weighted by atomic mass is 10.2. The van der Waals surface area contributed by atoms with Crippen LogP contribution in [-0.4, -0.2) is 18.0 Å². The molecular weight excluding hydrogens is 405 g/mol. The third-order valence-corrected chi connectivity index (χ3v) is 4.71. The molecule has 1 heterocycles. The predicted molar refractivity (Wildman–Crippen MR) is 89.5 cm³/mol. The third kappa shape index (κ3) is 4.37. The molecule has 0 aliphatic heterocycles. The van der Waals surface area contributed by atoms with Crippen LogP contribution in [0.15, 0.2) is 53.6 Å². The number of hydrogen-bond acceptors (Lipinski definition) is 3. The number of nitrogens with two attached hydrogens (primary N) is 1. The first-order chi connectivity index (χ1) is 12.9. The highest BCUT2D eigenvalue weighted by Crippen LogP contribution is 2.31. The van der Waals surface area contributed by atoms with Gasteiger partial charge >= 0.3 is 6.18 Å². The SMILES string of the molecule is NS(=O)(=O)c1ccc(-c2nc(C(F)(F)F)cn2Cc2cc(F)cc(F)c2)cc1. The molecule has 3 aromatic rings. The predicted octanol–water partition coefficient (Wildman–Crippen LogP) is 3.54. The molecular formula is C17H12F5N3O2S. The van der Waals surface area contributed by atoms with E-state index < -0.39 is 33.5 Å². The number of alkyl halides is 3. The van der Waals surface area contributed by atoms with E-state index in [1.54, 1.807) is 0 Å². The summed E-state index contributed by atoms with van der Waals surface area (Å²) in [4.78, 5) is 3.33. The molecule has 5 nitrogen and oxygen atoms in total. The minimum Gasteiger partial charge on any atom is -0.326 e. The van der Waals surface area contributed by atoms with Gasteiger partial charge in [0.05, 0.1) is 4.90 Å². The number of nitrogens with zero attached hydrogens (tertiary/aromatic N) is 2. The van der Waals surface area contributed by atoms with E-state index in [4.69, 9.17) is 5.14 Å². The number of aromatic nitrogens is 2. The molecule has 0 saturated carbocycles. The van der Waals surface area contributed by atoms with E-state index in [0.29, 0.717) is 12.3 Å². The van der Waals surface area contributed by atoms with Gasteiger partial charge in [-0.1, -0.05) is 0 Å². The number of sulfonamides is 1. The van der Waals surface area contributed by atoms with Gasteiger partial charge in [-0.15, -0.1) is 0 Å². The third-order valence-electron chi connectivity index (χ3n) is 3.78. The average molecular weight is 417 g/mol. The molecule has 3 rings (SSSR count). The van der Waals surface area contributed by atoms with Crippen molar-refractivity contribution in [1.82, 2.24) is 9.55 Å². The van der Waals surface area contributed by atoms with Crippen molar-refractivity contribution >= 4 is 10.0 Å². The molecule has 2 N–H and O–H groups in total. The summed E-state index contributed by atoms with van der Waals surface area (Å²) in [7, 11) is -3.98. The lowest BCUT2D eigenvalue weighted by molar-refractivity contribution is -0.140. The van der Waals surface area contributed by atoms with Gasteiger partial charge in [-0.05, 0) is 42.0 Å². The quantitative estimate of drug-likeness (QED) is 0.660. The standard InChI is InChI=1S/C17H12F5N3O2S/c18-12-5-10(6-13(19)7-12)8-25-9-15(17(20,21)22)24-16(25)11-1-3-14(4-2-11)28(23,26)27/h1-7,9H,8H2,(H2,23,26,27). The molecule has 11 heteroatoms. The fourth-order valence-corrected chi connectivity index (χ4v) is 3.11. The van der Waals surface area contributed by atoms with Gasteiger partial charge in [0.15, 0.2) is 5.69 Å². The van der Waals surface area contributed by atoms with Gasteiger partial charge in [-0.25, -0.2) is 27.3 Å². The maximum Gasteiger partial charge on any atom is 0.434 e. The fourth-order valence-electron chi connectivity index (χ4n) is 2.60. The molecule has 1 aromatic heterocycles. The molecule has 0 aliphatic carbocycles. The van der Waals surface area contributed by atoms with E-state index in [1.165, 1.54) is 12.1 Å². The Morgan fingerprint density at radius 1 is 1.00 bits per heavy atom. The lowest BCUT2D eigenvalue weighted by Crippen LogP contribution is -2.11. The van der Waals surface area contributed by atoms with E-state index in [9.17, 15) is 30.4 Å². The van der Waals surface area contributed by atoms with Crippen LogP contribution in [0.1, 0.15) is 11.3 Å². The molecule has 0 fully saturated rings. The molecule has 0 aliphatic rings. The number of primary sulfonamides is 1. The average Bonchev–Trinajstić information content (AvgIpc) is 2.97. The molecule has 2 aromatic carbocycles. The van der Waals surface area contributed by atoms with E-state index >= 15 is 0 Å². The van der Waals surface area contributed by atoms with E-state index in [2.05, 4.69) is 4.98 Å². The second-order valence-corrected chi connectivity index (χ2v) is 7.48. The molecule has 0 spiro atoms. The van der Waals surface area contributed by atoms with Crippen molar-refractivity contribution in [2.45, 2.75) is 17.6 Å². The van der Waals surface area contributed by atoms with Crippen LogP contribution in [0.3, 0.4) is 0 Å². The first-order valence-electron chi connectivity index (χ1n) is 7.66. The first kappa shape index (κ1) is 20.0. The summed E-state index contributed by atoms with van der Waals surface area (Å²) in [6, 6.07) is 7.35. The summed E-state index contributed by atoms with van der Waals surface area (Å²) in [5.74, 6) is -1.90. The van der Waals surface area contributed by atoms with Gasteiger partial charge in [0.1, 0.15) is 17.5 Å². The van der Waals surface area contributed by atoms with Crippen molar-refractivity contribution in [2.75, 3.05) is 0 Å². The Labute approximate surface area is 156 Å². The second-order valence-electron chi connectivity index (χ2n) is 5.92. The van der Waals surface area contributed by atoms with Crippen molar-refractivity contribution in [1.29, 1.82) is 0 Å². The summed E-state index contributed by atoms with van der Waals surface area (Å²) in [6.07, 6.45) is -4.03. The number of imidazole rings is 1. The molecule has 0 atom stereocenters. The largest absolute Gasteiger partial charge is 0.434 e. The van der Waals surface area contributed by atoms with Crippen LogP contribution >= 0.6 is 0 Å². The monoisotopic (exact) mass is 417 g/mol. The Hall–Kier alpha value is -2.79. The zero-order valence-corrected chi connectivity index (χ0v) is 14.7. The highest BCUT2D eigenvalue weighted by Gasteiger charge is 2.35. The van der Waals surface area contributed by atoms with E-state index in [-0.39, 0.29) is 28.4 Å². The Bertz CT molecular complexity index is 1100. The maximum atomic E-state index is 13.4. The van der Waals surface area contributed by atoms with Crippen LogP contribution in [0.2, 0.25) is 0 Å². The number of hydrogen-bond donors (Lipinski definition) is 1. The van der Waals surface area contributed by atoms with E-state index in [0.717, 1.165) is 28.8 Å². The highest BCUT2D eigenvalue weighted by molar-refractivity contribution is 7.89. The van der Waals surface area contributed by atoms with Crippen LogP contribution in [0.25, 0.3) is 11.4 Å². The van der Waals surface area contributed by atoms with Crippen LogP contribution in [0.4, 0.5) is 22.0 Å². The van der Waals surface area contributed by atoms with Crippen LogP contribution < -0.4 is 5.14 Å². The van der Waals surface area contributed by atoms with Gasteiger partial charge in [-0.3, -0.25) is 0 Å². The molecule has 28 heavy (non-hydrogen) atoms. The summed E-state index contributed by atoms with van der Waals surface area (Å²) in [5.41, 5.74) is -0.944. The Morgan fingerprint density at radius 2 is 1.57 bits per heavy atom. The van der Waals surface area contributed by atoms with Gasteiger partial charge in [0.25, 0.3) is 0 Å². The second kappa shape index (κ2) is 6.99. The van der Waals surface area contributed by atoms with Crippen LogP contribution in [0.5, 0.6) is 0 Å². The molecule has 0 radical (unpaired) electrons. The molecule has 0 saturated heterocycles. The van der Waals surface area contributed by atoms with Gasteiger partial charge in [0.2, 0.25) is 10.0 Å². The first-order valence-corrected chi connectivity index (χ1v) is 9.21. The molecule has 0 amide bonds. The minimum absolute atomic E-state index is 0.0889. The number of benzene rings is 2. The summed E-state index contributed by atoms with van der Waals surface area (Å²) in [5, 5.41) is 5.00. The maximum absolute atomic E-state index is 13.4. The lowest BCUT2D eigenvalue weighted by Gasteiger charge is -2.09. The van der Waals surface area contributed by atoms with Crippen molar-refractivity contribution < 1.29 is 30.4 Å². The van der Waals surface area contributed by atoms with Gasteiger partial charge in [-0.2, -0.15) is 13.2 Å². The summed E-state index contributed by atoms with van der Waals surface area (Å²) >= 11 is 0. The Kier molecular flexibility index (Phi) is 4.98. The van der Waals surface area contributed by atoms with Gasteiger partial charge in [0, 0.05) is 24.4 Å². The van der Waals surface area contributed by atoms with Crippen LogP contribution in [0, 0.1) is 11.6 Å². The Morgan fingerprint density at radius 3 is 2.07 bits per heavy atom. The van der Waals surface area contributed by atoms with Crippen molar-refractivity contribution in [3.05, 3.63) is 71.6 Å². The zero-order valence-electron chi connectivity index (χ0n) is 13.9. The molecule has 148 valence electrons. The Balaban J connectivity index is 2.08. The van der Waals surface area contributed by atoms with Crippen molar-refractivity contribution in [2.24, 2.45) is 5.14 Å². The van der Waals surface area contributed by atoms with Crippen LogP contribution in [-0.2, 0) is 22.7 Å². The van der Waals surface area contributed by atoms with Crippen molar-refractivity contribution in [3.63, 3.8) is 0 Å². The molecule has 0 unspecified atom stereocenters. The number of halogens is 5. The zero-order chi connectivity index (χ0) is 20.7. The topological polar surface area (TPSA) is 78.0 Å². The molecule has 0 bridgehead atoms. The summed E-state index contributed by atoms with van der Waals surface area (Å²) in [6.45, 7) is -0.288. The number of rotatable bonds is 4. The highest BCUT2D eigenvalue weighted by atomic mass is 32.2. The smallest absolute Gasteiger partial charge is 0.326 e. The normalized spacial score (nSPS) is 12.4. The van der Waals surface area contributed by atoms with E-state index in [1.807, 2.05) is 0 Å².